The van der Waals surface area contributed by atoms with Crippen LogP contribution in [0.2, 0.25) is 5.02 Å². The lowest BCUT2D eigenvalue weighted by Crippen LogP contribution is -2.45. The number of hydrogen-bond donors (Lipinski definition) is 0. The molecule has 10 heteroatoms. The Morgan fingerprint density at radius 1 is 1.10 bits per heavy atom. The third-order valence-electron chi connectivity index (χ3n) is 5.93. The van der Waals surface area contributed by atoms with Crippen LogP contribution in [0, 0.1) is 16.0 Å². The van der Waals surface area contributed by atoms with Gasteiger partial charge >= 0.3 is 0 Å². The van der Waals surface area contributed by atoms with E-state index in [2.05, 4.69) is 0 Å². The molecule has 2 aliphatic heterocycles. The second-order valence-electron chi connectivity index (χ2n) is 7.77. The van der Waals surface area contributed by atoms with Gasteiger partial charge in [0.05, 0.1) is 9.82 Å². The topological polar surface area (TPSA) is 101 Å². The van der Waals surface area contributed by atoms with Crippen LogP contribution in [-0.2, 0) is 21.2 Å². The summed E-state index contributed by atoms with van der Waals surface area (Å²) in [6, 6.07) is 11.4. The molecule has 4 rings (SSSR count). The van der Waals surface area contributed by atoms with E-state index >= 15 is 0 Å². The fourth-order valence-electron chi connectivity index (χ4n) is 4.27. The molecular formula is C21H22ClN3O5S. The minimum Gasteiger partial charge on any atom is -0.312 e. The van der Waals surface area contributed by atoms with Gasteiger partial charge in [-0.25, -0.2) is 8.42 Å². The van der Waals surface area contributed by atoms with E-state index in [4.69, 9.17) is 11.6 Å². The Hall–Kier alpha value is -2.49. The predicted octanol–water partition coefficient (Wildman–Crippen LogP) is 3.63. The molecule has 1 saturated heterocycles. The number of fused-ring (bicyclic) bond motifs is 1. The summed E-state index contributed by atoms with van der Waals surface area (Å²) in [4.78, 5) is 25.2. The van der Waals surface area contributed by atoms with E-state index in [1.54, 1.807) is 0 Å². The fourth-order valence-corrected chi connectivity index (χ4v) is 5.94. The summed E-state index contributed by atoms with van der Waals surface area (Å²) in [6.07, 6.45) is 2.67. The van der Waals surface area contributed by atoms with Gasteiger partial charge in [0, 0.05) is 37.3 Å². The molecule has 0 spiro atoms. The number of anilines is 1. The van der Waals surface area contributed by atoms with Crippen LogP contribution in [0.15, 0.2) is 47.4 Å². The van der Waals surface area contributed by atoms with E-state index in [0.717, 1.165) is 30.2 Å². The quantitative estimate of drug-likeness (QED) is 0.509. The molecule has 2 aromatic carbocycles. The first-order valence-corrected chi connectivity index (χ1v) is 11.9. The summed E-state index contributed by atoms with van der Waals surface area (Å²) in [5, 5.41) is 11.0. The Labute approximate surface area is 185 Å². The van der Waals surface area contributed by atoms with Crippen LogP contribution in [0.1, 0.15) is 24.8 Å². The van der Waals surface area contributed by atoms with E-state index in [1.807, 2.05) is 29.2 Å². The maximum absolute atomic E-state index is 13.2. The minimum atomic E-state index is -3.91. The normalized spacial score (nSPS) is 17.9. The lowest BCUT2D eigenvalue weighted by Gasteiger charge is -2.36. The number of nitro groups is 1. The molecule has 2 aromatic rings. The van der Waals surface area contributed by atoms with Crippen LogP contribution >= 0.6 is 11.6 Å². The first-order chi connectivity index (χ1) is 14.8. The number of nitrogens with zero attached hydrogens (tertiary/aromatic N) is 3. The largest absolute Gasteiger partial charge is 0.312 e. The first-order valence-electron chi connectivity index (χ1n) is 10.1. The van der Waals surface area contributed by atoms with Gasteiger partial charge in [-0.3, -0.25) is 14.9 Å². The van der Waals surface area contributed by atoms with Crippen molar-refractivity contribution >= 4 is 38.9 Å². The zero-order valence-corrected chi connectivity index (χ0v) is 18.3. The molecule has 2 aliphatic rings. The number of piperidine rings is 1. The van der Waals surface area contributed by atoms with Crippen LogP contribution in [0.25, 0.3) is 0 Å². The van der Waals surface area contributed by atoms with Crippen molar-refractivity contribution in [2.45, 2.75) is 30.6 Å². The smallest absolute Gasteiger partial charge is 0.289 e. The van der Waals surface area contributed by atoms with Crippen molar-refractivity contribution in [1.29, 1.82) is 0 Å². The Bertz CT molecular complexity index is 1130. The summed E-state index contributed by atoms with van der Waals surface area (Å²) in [5.41, 5.74) is 1.66. The van der Waals surface area contributed by atoms with Crippen LogP contribution in [0.3, 0.4) is 0 Å². The molecule has 8 nitrogen and oxygen atoms in total. The third kappa shape index (κ3) is 4.17. The molecule has 0 bridgehead atoms. The second kappa shape index (κ2) is 8.57. The lowest BCUT2D eigenvalue weighted by atomic mass is 9.94. The summed E-state index contributed by atoms with van der Waals surface area (Å²) < 4.78 is 27.2. The maximum Gasteiger partial charge on any atom is 0.289 e. The maximum atomic E-state index is 13.2. The minimum absolute atomic E-state index is 0.0336. The molecule has 0 aliphatic carbocycles. The van der Waals surface area contributed by atoms with Crippen LogP contribution in [0.5, 0.6) is 0 Å². The first kappa shape index (κ1) is 21.7. The number of carbonyl (C=O) groups is 1. The number of rotatable bonds is 4. The van der Waals surface area contributed by atoms with E-state index in [9.17, 15) is 23.3 Å². The summed E-state index contributed by atoms with van der Waals surface area (Å²) in [6.45, 7) is 1.04. The van der Waals surface area contributed by atoms with Crippen molar-refractivity contribution in [3.8, 4) is 0 Å². The highest BCUT2D eigenvalue weighted by Crippen LogP contribution is 2.33. The number of carbonyl (C=O) groups excluding carboxylic acids is 1. The van der Waals surface area contributed by atoms with Crippen molar-refractivity contribution < 1.29 is 18.1 Å². The highest BCUT2D eigenvalue weighted by Gasteiger charge is 2.35. The summed E-state index contributed by atoms with van der Waals surface area (Å²) in [7, 11) is -3.91. The Kier molecular flexibility index (Phi) is 6.00. The molecule has 0 saturated carbocycles. The SMILES string of the molecule is O=C(C1CCN(S(=O)(=O)c2ccc(Cl)c([N+](=O)[O-])c2)CC1)N1CCCc2ccccc21. The monoisotopic (exact) mass is 463 g/mol. The van der Waals surface area contributed by atoms with Gasteiger partial charge in [-0.15, -0.1) is 0 Å². The fraction of sp³-hybridized carbons (Fsp3) is 0.381. The predicted molar refractivity (Wildman–Crippen MR) is 117 cm³/mol. The second-order valence-corrected chi connectivity index (χ2v) is 10.1. The average Bonchev–Trinajstić information content (AvgIpc) is 2.78. The number of halogens is 1. The third-order valence-corrected chi connectivity index (χ3v) is 8.15. The van der Waals surface area contributed by atoms with Gasteiger partial charge in [-0.05, 0) is 49.4 Å². The van der Waals surface area contributed by atoms with Gasteiger partial charge in [0.25, 0.3) is 5.69 Å². The van der Waals surface area contributed by atoms with Gasteiger partial charge in [0.15, 0.2) is 0 Å². The molecule has 0 aromatic heterocycles. The van der Waals surface area contributed by atoms with Gasteiger partial charge in [0.1, 0.15) is 5.02 Å². The molecule has 0 unspecified atom stereocenters. The molecule has 0 atom stereocenters. The zero-order chi connectivity index (χ0) is 22.2. The number of benzene rings is 2. The van der Waals surface area contributed by atoms with Crippen molar-refractivity contribution in [3.63, 3.8) is 0 Å². The average molecular weight is 464 g/mol. The standard InChI is InChI=1S/C21H22ClN3O5S/c22-18-8-7-17(14-20(18)25(27)28)31(29,30)23-12-9-16(10-13-23)21(26)24-11-3-5-15-4-1-2-6-19(15)24/h1-2,4,6-8,14,16H,3,5,9-13H2. The molecule has 2 heterocycles. The lowest BCUT2D eigenvalue weighted by molar-refractivity contribution is -0.384. The van der Waals surface area contributed by atoms with Crippen molar-refractivity contribution in [2.24, 2.45) is 5.92 Å². The van der Waals surface area contributed by atoms with Gasteiger partial charge < -0.3 is 4.90 Å². The summed E-state index contributed by atoms with van der Waals surface area (Å²) >= 11 is 5.80. The van der Waals surface area contributed by atoms with Crippen molar-refractivity contribution in [2.75, 3.05) is 24.5 Å². The number of hydrogen-bond acceptors (Lipinski definition) is 5. The van der Waals surface area contributed by atoms with Crippen LogP contribution in [-0.4, -0.2) is 43.2 Å². The molecule has 31 heavy (non-hydrogen) atoms. The van der Waals surface area contributed by atoms with Crippen molar-refractivity contribution in [1.82, 2.24) is 4.31 Å². The number of nitro benzene ring substituents is 1. The van der Waals surface area contributed by atoms with Gasteiger partial charge in [-0.2, -0.15) is 4.31 Å². The number of amides is 1. The number of aryl methyl sites for hydroxylation is 1. The van der Waals surface area contributed by atoms with E-state index in [-0.39, 0.29) is 34.8 Å². The number of sulfonamides is 1. The van der Waals surface area contributed by atoms with Crippen molar-refractivity contribution in [3.05, 3.63) is 63.2 Å². The summed E-state index contributed by atoms with van der Waals surface area (Å²) in [5.74, 6) is -0.219. The van der Waals surface area contributed by atoms with E-state index < -0.39 is 20.6 Å². The van der Waals surface area contributed by atoms with Gasteiger partial charge in [-0.1, -0.05) is 29.8 Å². The highest BCUT2D eigenvalue weighted by molar-refractivity contribution is 7.89. The molecule has 1 amide bonds. The Morgan fingerprint density at radius 3 is 2.52 bits per heavy atom. The Balaban J connectivity index is 1.47. The highest BCUT2D eigenvalue weighted by atomic mass is 35.5. The Morgan fingerprint density at radius 2 is 1.81 bits per heavy atom. The van der Waals surface area contributed by atoms with Crippen LogP contribution in [0.4, 0.5) is 11.4 Å². The molecule has 164 valence electrons. The number of para-hydroxylation sites is 1. The molecule has 1 fully saturated rings. The molecular weight excluding hydrogens is 442 g/mol. The zero-order valence-electron chi connectivity index (χ0n) is 16.7. The van der Waals surface area contributed by atoms with E-state index in [1.165, 1.54) is 16.4 Å². The van der Waals surface area contributed by atoms with Crippen LogP contribution < -0.4 is 4.90 Å². The molecule has 0 N–H and O–H groups in total. The molecule has 0 radical (unpaired) electrons. The van der Waals surface area contributed by atoms with Gasteiger partial charge in [0.2, 0.25) is 15.9 Å². The van der Waals surface area contributed by atoms with E-state index in [0.29, 0.717) is 19.4 Å².